The van der Waals surface area contributed by atoms with Crippen molar-refractivity contribution in [2.75, 3.05) is 0 Å². The number of carbonyl (C=O) groups excluding carboxylic acids is 2. The van der Waals surface area contributed by atoms with Gasteiger partial charge in [-0.15, -0.1) is 5.10 Å². The molecule has 1 aromatic rings. The number of primary amides is 1. The van der Waals surface area contributed by atoms with Gasteiger partial charge in [0, 0.05) is 0 Å². The molecular weight excluding hydrogens is 404 g/mol. The van der Waals surface area contributed by atoms with Crippen LogP contribution in [0.5, 0.6) is 0 Å². The van der Waals surface area contributed by atoms with Crippen molar-refractivity contribution in [3.05, 3.63) is 15.8 Å². The molecule has 26 heavy (non-hydrogen) atoms. The lowest BCUT2D eigenvalue weighted by molar-refractivity contribution is -0.156. The van der Waals surface area contributed by atoms with E-state index in [0.717, 1.165) is 11.8 Å². The Morgan fingerprint density at radius 2 is 2.19 bits per heavy atom. The molecule has 0 radical (unpaired) electrons. The molecule has 2 aliphatic rings. The van der Waals surface area contributed by atoms with Crippen LogP contribution in [0.25, 0.3) is 0 Å². The number of nitrogens with two attached hydrogens (primary N) is 1. The molecule has 2 amide bonds. The number of hydrogen-bond acceptors (Lipinski definition) is 10. The van der Waals surface area contributed by atoms with Crippen LogP contribution in [-0.2, 0) is 20.9 Å². The Morgan fingerprint density at radius 1 is 1.50 bits per heavy atom. The second-order valence-electron chi connectivity index (χ2n) is 5.56. The number of aliphatic hydroxyl groups excluding tert-OH is 1. The molecule has 2 aliphatic heterocycles. The summed E-state index contributed by atoms with van der Waals surface area (Å²) in [4.78, 5) is 36.0. The number of aromatic nitrogens is 4. The normalized spacial score (nSPS) is 24.3. The Kier molecular flexibility index (Phi) is 5.18. The Labute approximate surface area is 160 Å². The topological polar surface area (TPSA) is 165 Å². The molecule has 1 fully saturated rings. The van der Waals surface area contributed by atoms with Crippen molar-refractivity contribution >= 4 is 53.9 Å². The predicted molar refractivity (Wildman–Crippen MR) is 94.4 cm³/mol. The van der Waals surface area contributed by atoms with Gasteiger partial charge in [-0.3, -0.25) is 14.5 Å². The Bertz CT molecular complexity index is 811. The maximum Gasteiger partial charge on any atom is 0.354 e. The second kappa shape index (κ2) is 7.09. The number of carbonyl (C=O) groups is 3. The van der Waals surface area contributed by atoms with E-state index in [1.807, 2.05) is 0 Å². The lowest BCUT2D eigenvalue weighted by Gasteiger charge is -2.43. The molecule has 1 unspecified atom stereocenters. The van der Waals surface area contributed by atoms with E-state index in [9.17, 15) is 24.6 Å². The van der Waals surface area contributed by atoms with Crippen LogP contribution in [0.2, 0.25) is 0 Å². The zero-order chi connectivity index (χ0) is 19.2. The van der Waals surface area contributed by atoms with Gasteiger partial charge in [0.05, 0.1) is 16.3 Å². The number of rotatable bonds is 7. The third kappa shape index (κ3) is 3.17. The third-order valence-electron chi connectivity index (χ3n) is 3.77. The van der Waals surface area contributed by atoms with E-state index >= 15 is 0 Å². The van der Waals surface area contributed by atoms with Crippen LogP contribution < -0.4 is 5.73 Å². The van der Waals surface area contributed by atoms with E-state index in [1.165, 1.54) is 28.3 Å². The number of thiol groups is 1. The van der Waals surface area contributed by atoms with Gasteiger partial charge >= 0.3 is 5.97 Å². The molecule has 1 saturated heterocycles. The van der Waals surface area contributed by atoms with Gasteiger partial charge in [0.1, 0.15) is 16.5 Å². The van der Waals surface area contributed by atoms with Crippen LogP contribution in [0, 0.1) is 5.92 Å². The van der Waals surface area contributed by atoms with Crippen LogP contribution in [0.4, 0.5) is 0 Å². The fraction of sp³-hybridized carbons (Fsp3) is 0.500. The maximum atomic E-state index is 12.2. The molecule has 0 aliphatic carbocycles. The van der Waals surface area contributed by atoms with E-state index < -0.39 is 39.8 Å². The Morgan fingerprint density at radius 3 is 2.77 bits per heavy atom. The first-order valence-corrected chi connectivity index (χ1v) is 9.54. The molecule has 1 aromatic heterocycles. The van der Waals surface area contributed by atoms with Gasteiger partial charge in [0.25, 0.3) is 0 Å². The van der Waals surface area contributed by atoms with Crippen LogP contribution in [0.1, 0.15) is 17.3 Å². The number of β-lactam (4-membered cyclic amide) rings is 1. The predicted octanol–water partition coefficient (Wildman–Crippen LogP) is -1.01. The zero-order valence-corrected chi connectivity index (χ0v) is 15.7. The van der Waals surface area contributed by atoms with E-state index in [0.29, 0.717) is 4.24 Å². The summed E-state index contributed by atoms with van der Waals surface area (Å²) >= 11 is 6.59. The minimum atomic E-state index is -1.25. The standard InChI is InChI=1S/C12H14N6O5S3/c1-3(19)5-8(21)18-6(10(22)23)12(25-9(5)18)26-11(24)7-14-15-16-17(7)2-4(13)20/h3,5,9,11,19,24H,2H2,1H3,(H2,13,20)(H,22,23)/t3-,5+,9-,11?/m1/s1. The van der Waals surface area contributed by atoms with Crippen LogP contribution in [0.3, 0.4) is 0 Å². The first-order valence-electron chi connectivity index (χ1n) is 7.26. The van der Waals surface area contributed by atoms with E-state index in [1.54, 1.807) is 0 Å². The lowest BCUT2D eigenvalue weighted by atomic mass is 9.92. The van der Waals surface area contributed by atoms with E-state index in [4.69, 9.17) is 5.73 Å². The van der Waals surface area contributed by atoms with Gasteiger partial charge in [-0.2, -0.15) is 12.6 Å². The summed E-state index contributed by atoms with van der Waals surface area (Å²) < 4.78 is 0.833. The fourth-order valence-electron chi connectivity index (χ4n) is 2.64. The number of thioether (sulfide) groups is 2. The van der Waals surface area contributed by atoms with Crippen LogP contribution >= 0.6 is 36.2 Å². The van der Waals surface area contributed by atoms with Crippen molar-refractivity contribution in [2.24, 2.45) is 11.7 Å². The Hall–Kier alpha value is -1.77. The molecule has 14 heteroatoms. The number of hydrogen-bond donors (Lipinski definition) is 4. The highest BCUT2D eigenvalue weighted by atomic mass is 32.2. The second-order valence-corrected chi connectivity index (χ2v) is 8.92. The molecule has 0 bridgehead atoms. The molecule has 0 spiro atoms. The summed E-state index contributed by atoms with van der Waals surface area (Å²) in [5.74, 6) is -2.76. The summed E-state index contributed by atoms with van der Waals surface area (Å²) in [5, 5.41) is 29.7. The van der Waals surface area contributed by atoms with Crippen LogP contribution in [-0.4, -0.2) is 64.6 Å². The number of carboxylic acid groups (broad SMARTS) is 1. The molecule has 4 atom stereocenters. The average Bonchev–Trinajstić information content (AvgIpc) is 3.09. The number of aliphatic hydroxyl groups is 1. The highest BCUT2D eigenvalue weighted by Crippen LogP contribution is 2.56. The van der Waals surface area contributed by atoms with Crippen molar-refractivity contribution in [1.29, 1.82) is 0 Å². The van der Waals surface area contributed by atoms with Gasteiger partial charge in [0.2, 0.25) is 11.8 Å². The SMILES string of the molecule is C[C@@H](O)[C@H]1C(=O)N2C(C(=O)O)=C(SC(S)c3nnnn3CC(N)=O)S[C@H]12. The summed E-state index contributed by atoms with van der Waals surface area (Å²) in [6.45, 7) is 1.25. The number of fused-ring (bicyclic) bond motifs is 1. The fourth-order valence-corrected chi connectivity index (χ4v) is 6.25. The smallest absolute Gasteiger partial charge is 0.354 e. The minimum Gasteiger partial charge on any atom is -0.477 e. The summed E-state index contributed by atoms with van der Waals surface area (Å²) in [6, 6.07) is 0. The van der Waals surface area contributed by atoms with E-state index in [-0.39, 0.29) is 18.1 Å². The van der Waals surface area contributed by atoms with Gasteiger partial charge in [0.15, 0.2) is 11.5 Å². The van der Waals surface area contributed by atoms with Crippen molar-refractivity contribution in [1.82, 2.24) is 25.1 Å². The first kappa shape index (κ1) is 19.0. The van der Waals surface area contributed by atoms with Crippen molar-refractivity contribution in [3.63, 3.8) is 0 Å². The largest absolute Gasteiger partial charge is 0.477 e. The minimum absolute atomic E-state index is 0.153. The molecular formula is C12H14N6O5S3. The lowest BCUT2D eigenvalue weighted by Crippen LogP contribution is -2.60. The molecule has 4 N–H and O–H groups in total. The number of tetrazole rings is 1. The van der Waals surface area contributed by atoms with Crippen molar-refractivity contribution in [2.45, 2.75) is 29.5 Å². The molecule has 140 valence electrons. The van der Waals surface area contributed by atoms with Crippen molar-refractivity contribution < 1.29 is 24.6 Å². The van der Waals surface area contributed by atoms with Crippen molar-refractivity contribution in [3.8, 4) is 0 Å². The van der Waals surface area contributed by atoms with Crippen LogP contribution in [0.15, 0.2) is 9.93 Å². The molecule has 11 nitrogen and oxygen atoms in total. The zero-order valence-electron chi connectivity index (χ0n) is 13.2. The molecule has 0 aromatic carbocycles. The third-order valence-corrected chi connectivity index (χ3v) is 6.89. The number of amides is 2. The summed E-state index contributed by atoms with van der Waals surface area (Å²) in [7, 11) is 0. The van der Waals surface area contributed by atoms with Gasteiger partial charge < -0.3 is 15.9 Å². The van der Waals surface area contributed by atoms with Gasteiger partial charge in [-0.1, -0.05) is 23.5 Å². The van der Waals surface area contributed by atoms with E-state index in [2.05, 4.69) is 28.2 Å². The molecule has 0 saturated carbocycles. The molecule has 3 rings (SSSR count). The summed E-state index contributed by atoms with van der Waals surface area (Å²) in [6.07, 6.45) is -0.884. The first-order chi connectivity index (χ1) is 12.2. The molecule has 3 heterocycles. The number of nitrogens with zero attached hydrogens (tertiary/aromatic N) is 5. The number of aliphatic carboxylic acids is 1. The average molecular weight is 418 g/mol. The highest BCUT2D eigenvalue weighted by molar-refractivity contribution is 8.26. The maximum absolute atomic E-state index is 12.2. The Balaban J connectivity index is 1.83. The quantitative estimate of drug-likeness (QED) is 0.245. The number of carboxylic acids is 1. The summed E-state index contributed by atoms with van der Waals surface area (Å²) in [5.41, 5.74) is 4.98. The van der Waals surface area contributed by atoms with Gasteiger partial charge in [-0.25, -0.2) is 9.48 Å². The van der Waals surface area contributed by atoms with Gasteiger partial charge in [-0.05, 0) is 17.4 Å². The monoisotopic (exact) mass is 418 g/mol. The highest BCUT2D eigenvalue weighted by Gasteiger charge is 2.58.